The molecule has 9 aromatic carbocycles. The van der Waals surface area contributed by atoms with Crippen LogP contribution in [0.15, 0.2) is 231 Å². The summed E-state index contributed by atoms with van der Waals surface area (Å²) >= 11 is 1.76. The fourth-order valence-corrected chi connectivity index (χ4v) is 12.0. The number of para-hydroxylation sites is 1. The predicted molar refractivity (Wildman–Crippen MR) is 282 cm³/mol. The lowest BCUT2D eigenvalue weighted by Crippen LogP contribution is -2.28. The second kappa shape index (κ2) is 15.1. The number of aromatic nitrogens is 3. The molecule has 12 aromatic rings. The highest BCUT2D eigenvalue weighted by Crippen LogP contribution is 2.52. The van der Waals surface area contributed by atoms with Gasteiger partial charge in [0.15, 0.2) is 0 Å². The minimum absolute atomic E-state index is 0.204. The average Bonchev–Trinajstić information content (AvgIpc) is 4.09. The summed E-state index contributed by atoms with van der Waals surface area (Å²) in [6.45, 7) is 0. The van der Waals surface area contributed by atoms with Crippen LogP contribution in [0.4, 0.5) is 11.4 Å². The quantitative estimate of drug-likeness (QED) is 0.167. The Hall–Kier alpha value is -8.38. The molecular formula is C62H40N4S. The van der Waals surface area contributed by atoms with E-state index in [-0.39, 0.29) is 12.0 Å². The summed E-state index contributed by atoms with van der Waals surface area (Å²) in [6.07, 6.45) is 9.13. The predicted octanol–water partition coefficient (Wildman–Crippen LogP) is 16.5. The number of allylic oxidation sites excluding steroid dienone is 2. The number of hydrogen-bond acceptors (Lipinski definition) is 4. The van der Waals surface area contributed by atoms with Gasteiger partial charge in [0, 0.05) is 43.9 Å². The number of hydrogen-bond donors (Lipinski definition) is 0. The first kappa shape index (κ1) is 37.9. The molecular weight excluding hydrogens is 833 g/mol. The molecule has 4 nitrogen and oxygen atoms in total. The van der Waals surface area contributed by atoms with Crippen molar-refractivity contribution in [2.45, 2.75) is 12.0 Å². The fraction of sp³-hybridized carbons (Fsp3) is 0.0323. The van der Waals surface area contributed by atoms with E-state index in [1.54, 1.807) is 11.3 Å². The van der Waals surface area contributed by atoms with Crippen molar-refractivity contribution in [3.05, 3.63) is 236 Å². The van der Waals surface area contributed by atoms with Crippen molar-refractivity contribution in [2.75, 3.05) is 4.90 Å². The van der Waals surface area contributed by atoms with Crippen molar-refractivity contribution in [1.29, 1.82) is 0 Å². The summed E-state index contributed by atoms with van der Waals surface area (Å²) in [5.74, 6) is 0.881. The molecule has 314 valence electrons. The lowest BCUT2D eigenvalue weighted by atomic mass is 9.86. The number of rotatable bonds is 6. The normalized spacial score (nSPS) is 15.3. The molecule has 2 unspecified atom stereocenters. The molecule has 0 fully saturated rings. The third-order valence-corrected chi connectivity index (χ3v) is 15.1. The molecule has 0 spiro atoms. The SMILES string of the molecule is C1=CC2c3c(-c4ccc5c(c4)c4ccc6ccccc6c4n5-c4nc(-c5ccc(-c6cccc7ccccc67)cc5)c5sc(-c6ccccc6)cc5n4)cccc3N(c3ccccc3)C2C=C1. The highest BCUT2D eigenvalue weighted by molar-refractivity contribution is 7.22. The van der Waals surface area contributed by atoms with Crippen LogP contribution in [0, 0.1) is 0 Å². The van der Waals surface area contributed by atoms with E-state index in [0.29, 0.717) is 5.95 Å². The first-order valence-corrected chi connectivity index (χ1v) is 23.8. The van der Waals surface area contributed by atoms with Gasteiger partial charge in [0.05, 0.1) is 33.0 Å². The zero-order chi connectivity index (χ0) is 44.0. The van der Waals surface area contributed by atoms with Gasteiger partial charge in [-0.1, -0.05) is 194 Å². The Morgan fingerprint density at radius 1 is 0.463 bits per heavy atom. The number of nitrogens with zero attached hydrogens (tertiary/aromatic N) is 4. The van der Waals surface area contributed by atoms with Gasteiger partial charge in [-0.05, 0) is 85.9 Å². The Morgan fingerprint density at radius 2 is 1.15 bits per heavy atom. The van der Waals surface area contributed by atoms with Crippen molar-refractivity contribution in [1.82, 2.24) is 14.5 Å². The molecule has 2 aliphatic rings. The molecule has 1 aliphatic carbocycles. The van der Waals surface area contributed by atoms with Crippen LogP contribution >= 0.6 is 11.3 Å². The maximum absolute atomic E-state index is 5.63. The Balaban J connectivity index is 0.984. The van der Waals surface area contributed by atoms with Crippen molar-refractivity contribution in [2.24, 2.45) is 0 Å². The van der Waals surface area contributed by atoms with Crippen molar-refractivity contribution in [3.8, 4) is 49.9 Å². The molecule has 0 N–H and O–H groups in total. The minimum Gasteiger partial charge on any atom is -0.333 e. The van der Waals surface area contributed by atoms with Crippen molar-refractivity contribution < 1.29 is 0 Å². The molecule has 4 heterocycles. The van der Waals surface area contributed by atoms with Gasteiger partial charge in [-0.3, -0.25) is 4.57 Å². The van der Waals surface area contributed by atoms with Crippen LogP contribution in [0.1, 0.15) is 11.5 Å². The van der Waals surface area contributed by atoms with Crippen LogP contribution in [-0.4, -0.2) is 20.6 Å². The molecule has 0 saturated heterocycles. The van der Waals surface area contributed by atoms with Crippen molar-refractivity contribution in [3.63, 3.8) is 0 Å². The lowest BCUT2D eigenvalue weighted by Gasteiger charge is -2.28. The third-order valence-electron chi connectivity index (χ3n) is 14.0. The summed E-state index contributed by atoms with van der Waals surface area (Å²) in [5.41, 5.74) is 14.9. The fourth-order valence-electron chi connectivity index (χ4n) is 10.9. The van der Waals surface area contributed by atoms with Gasteiger partial charge in [0.1, 0.15) is 0 Å². The largest absolute Gasteiger partial charge is 0.333 e. The number of anilines is 2. The third kappa shape index (κ3) is 5.98. The Kier molecular flexibility index (Phi) is 8.55. The molecule has 1 aliphatic heterocycles. The molecule has 0 saturated carbocycles. The maximum Gasteiger partial charge on any atom is 0.235 e. The van der Waals surface area contributed by atoms with Gasteiger partial charge in [0.2, 0.25) is 5.95 Å². The van der Waals surface area contributed by atoms with Crippen LogP contribution in [0.25, 0.3) is 103 Å². The summed E-state index contributed by atoms with van der Waals surface area (Å²) in [4.78, 5) is 14.8. The van der Waals surface area contributed by atoms with Gasteiger partial charge in [0.25, 0.3) is 0 Å². The molecule has 2 atom stereocenters. The minimum atomic E-state index is 0.204. The molecule has 3 aromatic heterocycles. The number of fused-ring (bicyclic) bond motifs is 10. The van der Waals surface area contributed by atoms with Gasteiger partial charge in [-0.2, -0.15) is 0 Å². The molecule has 0 bridgehead atoms. The molecule has 5 heteroatoms. The second-order valence-corrected chi connectivity index (χ2v) is 18.7. The number of thiophene rings is 1. The topological polar surface area (TPSA) is 34.0 Å². The van der Waals surface area contributed by atoms with E-state index < -0.39 is 0 Å². The highest BCUT2D eigenvalue weighted by Gasteiger charge is 2.39. The second-order valence-electron chi connectivity index (χ2n) is 17.6. The molecule has 0 amide bonds. The standard InChI is InChI=1S/C62H40N4S/c1-3-17-42(18-4-1)57-38-53-61(67-57)59(43-31-29-41(30-32-43)47-25-13-19-39-15-7-9-22-46(39)47)64-62(63-53)66-55-36-34-44(37-52(55)50-35-33-40-16-8-10-23-49(40)60(50)66)48-26-14-28-56-58(48)51-24-11-12-27-54(51)65(56)45-20-5-2-6-21-45/h1-38,51,54H. The summed E-state index contributed by atoms with van der Waals surface area (Å²) < 4.78 is 3.39. The van der Waals surface area contributed by atoms with Crippen molar-refractivity contribution >= 4 is 76.3 Å². The van der Waals surface area contributed by atoms with Crippen LogP contribution < -0.4 is 4.90 Å². The Morgan fingerprint density at radius 3 is 2.00 bits per heavy atom. The van der Waals surface area contributed by atoms with Crippen LogP contribution in [0.5, 0.6) is 0 Å². The zero-order valence-corrected chi connectivity index (χ0v) is 37.1. The van der Waals surface area contributed by atoms with Crippen LogP contribution in [0.2, 0.25) is 0 Å². The molecule has 67 heavy (non-hydrogen) atoms. The summed E-state index contributed by atoms with van der Waals surface area (Å²) in [7, 11) is 0. The average molecular weight is 873 g/mol. The van der Waals surface area contributed by atoms with Gasteiger partial charge in [-0.15, -0.1) is 11.3 Å². The van der Waals surface area contributed by atoms with Gasteiger partial charge in [-0.25, -0.2) is 9.97 Å². The highest BCUT2D eigenvalue weighted by atomic mass is 32.1. The van der Waals surface area contributed by atoms with E-state index in [9.17, 15) is 0 Å². The first-order valence-electron chi connectivity index (χ1n) is 23.0. The van der Waals surface area contributed by atoms with Crippen LogP contribution in [-0.2, 0) is 0 Å². The summed E-state index contributed by atoms with van der Waals surface area (Å²) in [5, 5.41) is 7.17. The zero-order valence-electron chi connectivity index (χ0n) is 36.3. The van der Waals surface area contributed by atoms with E-state index >= 15 is 0 Å². The van der Waals surface area contributed by atoms with Gasteiger partial charge >= 0.3 is 0 Å². The van der Waals surface area contributed by atoms with E-state index in [2.05, 4.69) is 240 Å². The Bertz CT molecular complexity index is 3990. The van der Waals surface area contributed by atoms with E-state index in [4.69, 9.17) is 9.97 Å². The van der Waals surface area contributed by atoms with E-state index in [0.717, 1.165) is 32.5 Å². The first-order chi connectivity index (χ1) is 33.2. The van der Waals surface area contributed by atoms with E-state index in [1.807, 2.05) is 0 Å². The smallest absolute Gasteiger partial charge is 0.235 e. The Labute approximate surface area is 391 Å². The monoisotopic (exact) mass is 872 g/mol. The molecule has 14 rings (SSSR count). The summed E-state index contributed by atoms with van der Waals surface area (Å²) in [6, 6.07) is 75.1. The maximum atomic E-state index is 5.63. The van der Waals surface area contributed by atoms with Gasteiger partial charge < -0.3 is 4.90 Å². The lowest BCUT2D eigenvalue weighted by molar-refractivity contribution is 0.745. The number of benzene rings is 9. The molecule has 0 radical (unpaired) electrons. The van der Waals surface area contributed by atoms with E-state index in [1.165, 1.54) is 81.9 Å². The van der Waals surface area contributed by atoms with Crippen LogP contribution in [0.3, 0.4) is 0 Å².